The highest BCUT2D eigenvalue weighted by Crippen LogP contribution is 2.19. The van der Waals surface area contributed by atoms with Gasteiger partial charge in [-0.1, -0.05) is 30.3 Å². The number of nitrogens with zero attached hydrogens (tertiary/aromatic N) is 2. The summed E-state index contributed by atoms with van der Waals surface area (Å²) in [5.74, 6) is -0.826. The Morgan fingerprint density at radius 1 is 1.11 bits per heavy atom. The maximum Gasteiger partial charge on any atom is 0.434 e. The summed E-state index contributed by atoms with van der Waals surface area (Å²) in [6.07, 6.45) is -0.596. The molecule has 10 nitrogen and oxygen atoms in total. The molecule has 3 rings (SSSR count). The number of nitrogens with one attached hydrogen (secondary N) is 1. The van der Waals surface area contributed by atoms with Gasteiger partial charge in [-0.05, 0) is 18.4 Å². The van der Waals surface area contributed by atoms with Crippen molar-refractivity contribution in [2.24, 2.45) is 0 Å². The van der Waals surface area contributed by atoms with Gasteiger partial charge in [0.15, 0.2) is 0 Å². The van der Waals surface area contributed by atoms with Crippen molar-refractivity contribution in [3.8, 4) is 11.8 Å². The second kappa shape index (κ2) is 9.00. The Hall–Kier alpha value is -3.40. The summed E-state index contributed by atoms with van der Waals surface area (Å²) in [5, 5.41) is 22.7. The van der Waals surface area contributed by atoms with Crippen molar-refractivity contribution >= 4 is 12.2 Å². The average molecular weight is 391 g/mol. The molecule has 0 radical (unpaired) electrons. The quantitative estimate of drug-likeness (QED) is 0.726. The number of ether oxygens (including phenoxy) is 1. The first-order valence-corrected chi connectivity index (χ1v) is 8.72. The van der Waals surface area contributed by atoms with Crippen molar-refractivity contribution in [1.29, 1.82) is 0 Å². The van der Waals surface area contributed by atoms with Crippen LogP contribution in [-0.2, 0) is 16.2 Å². The lowest BCUT2D eigenvalue weighted by Crippen LogP contribution is -2.40. The molecule has 0 bridgehead atoms. The summed E-state index contributed by atoms with van der Waals surface area (Å²) < 4.78 is 5.82. The zero-order chi connectivity index (χ0) is 19.9. The fourth-order valence-electron chi connectivity index (χ4n) is 2.64. The van der Waals surface area contributed by atoms with E-state index >= 15 is 0 Å². The first-order valence-electron chi connectivity index (χ1n) is 8.72. The van der Waals surface area contributed by atoms with E-state index < -0.39 is 23.9 Å². The van der Waals surface area contributed by atoms with E-state index in [1.807, 2.05) is 30.3 Å². The Morgan fingerprint density at radius 3 is 2.54 bits per heavy atom. The molecule has 0 saturated carbocycles. The van der Waals surface area contributed by atoms with Crippen LogP contribution in [-0.4, -0.2) is 51.4 Å². The molecule has 0 unspecified atom stereocenters. The largest absolute Gasteiger partial charge is 0.492 e. The number of amides is 2. The topological polar surface area (TPSA) is 122 Å². The third-order valence-corrected chi connectivity index (χ3v) is 4.10. The van der Waals surface area contributed by atoms with E-state index in [2.05, 4.69) is 5.32 Å². The highest BCUT2D eigenvalue weighted by molar-refractivity contribution is 5.68. The predicted molar refractivity (Wildman–Crippen MR) is 95.2 cm³/mol. The van der Waals surface area contributed by atoms with Gasteiger partial charge in [0.05, 0.1) is 13.2 Å². The minimum atomic E-state index is -0.855. The maximum atomic E-state index is 12.1. The minimum Gasteiger partial charge on any atom is -0.492 e. The lowest BCUT2D eigenvalue weighted by Gasteiger charge is -2.19. The summed E-state index contributed by atoms with van der Waals surface area (Å²) in [4.78, 5) is 34.3. The fourth-order valence-corrected chi connectivity index (χ4v) is 2.64. The summed E-state index contributed by atoms with van der Waals surface area (Å²) >= 11 is 0. The fraction of sp³-hybridized carbons (Fsp3) is 0.333. The molecule has 1 aromatic carbocycles. The van der Waals surface area contributed by atoms with Crippen molar-refractivity contribution in [2.45, 2.75) is 25.5 Å². The molecule has 10 heteroatoms. The Balaban J connectivity index is 1.45. The van der Waals surface area contributed by atoms with Gasteiger partial charge < -0.3 is 25.1 Å². The summed E-state index contributed by atoms with van der Waals surface area (Å²) in [5.41, 5.74) is 0.865. The van der Waals surface area contributed by atoms with Crippen LogP contribution in [0, 0.1) is 0 Å². The second-order valence-electron chi connectivity index (χ2n) is 6.12. The summed E-state index contributed by atoms with van der Waals surface area (Å²) in [6.45, 7) is 0.557. The van der Waals surface area contributed by atoms with Crippen molar-refractivity contribution in [2.75, 3.05) is 13.2 Å². The maximum absolute atomic E-state index is 12.1. The lowest BCUT2D eigenvalue weighted by molar-refractivity contribution is -0.130. The number of hydrogen-bond acceptors (Lipinski definition) is 7. The number of aromatic hydroxyl groups is 2. The molecule has 150 valence electrons. The van der Waals surface area contributed by atoms with Gasteiger partial charge in [0.25, 0.3) is 0 Å². The third-order valence-electron chi connectivity index (χ3n) is 4.10. The van der Waals surface area contributed by atoms with Crippen LogP contribution in [0.15, 0.2) is 42.5 Å². The number of rotatable bonds is 4. The van der Waals surface area contributed by atoms with Gasteiger partial charge in [0.2, 0.25) is 11.8 Å². The van der Waals surface area contributed by atoms with Crippen LogP contribution < -0.4 is 10.2 Å². The van der Waals surface area contributed by atoms with Gasteiger partial charge in [-0.25, -0.2) is 9.59 Å². The Morgan fingerprint density at radius 2 is 1.82 bits per heavy atom. The number of benzene rings is 1. The molecule has 1 aromatic heterocycles. The van der Waals surface area contributed by atoms with Crippen LogP contribution in [0.1, 0.15) is 18.4 Å². The van der Waals surface area contributed by atoms with Gasteiger partial charge >= 0.3 is 12.2 Å². The van der Waals surface area contributed by atoms with Gasteiger partial charge in [-0.2, -0.15) is 5.06 Å². The molecule has 1 atom stereocenters. The second-order valence-corrected chi connectivity index (χ2v) is 6.12. The van der Waals surface area contributed by atoms with Crippen molar-refractivity contribution in [3.63, 3.8) is 0 Å². The standard InChI is InChI=1S/C18H21N3O7/c22-15-6-7-16(23)21(15)28-17(24)19-14-8-10-20(27-11-9-14)18(25)26-12-13-4-2-1-3-5-13/h1-7,14,22-23H,8-12H2,(H,19,24)/t14-/m1/s1. The SMILES string of the molecule is O=C(N[C@H]1CCON(C(=O)OCc2ccccc2)CC1)On1c(O)ccc1O. The Kier molecular flexibility index (Phi) is 6.22. The Bertz CT molecular complexity index is 789. The molecule has 3 N–H and O–H groups in total. The van der Waals surface area contributed by atoms with E-state index in [9.17, 15) is 19.8 Å². The zero-order valence-electron chi connectivity index (χ0n) is 15.0. The first kappa shape index (κ1) is 19.4. The average Bonchev–Trinajstić information content (AvgIpc) is 2.88. The number of carbonyl (C=O) groups is 2. The molecule has 1 saturated heterocycles. The normalized spacial score (nSPS) is 16.9. The van der Waals surface area contributed by atoms with E-state index in [1.165, 1.54) is 12.1 Å². The van der Waals surface area contributed by atoms with Gasteiger partial charge in [-0.15, -0.1) is 4.73 Å². The van der Waals surface area contributed by atoms with Crippen molar-refractivity contribution < 1.29 is 34.2 Å². The van der Waals surface area contributed by atoms with E-state index in [-0.39, 0.29) is 25.8 Å². The molecule has 2 aromatic rings. The van der Waals surface area contributed by atoms with Gasteiger partial charge in [0, 0.05) is 18.2 Å². The minimum absolute atomic E-state index is 0.136. The highest BCUT2D eigenvalue weighted by Gasteiger charge is 2.25. The number of carbonyl (C=O) groups excluding carboxylic acids is 2. The lowest BCUT2D eigenvalue weighted by atomic mass is 10.1. The predicted octanol–water partition coefficient (Wildman–Crippen LogP) is 1.77. The van der Waals surface area contributed by atoms with E-state index in [0.717, 1.165) is 10.6 Å². The van der Waals surface area contributed by atoms with E-state index in [0.29, 0.717) is 17.6 Å². The molecule has 28 heavy (non-hydrogen) atoms. The van der Waals surface area contributed by atoms with Crippen LogP contribution in [0.2, 0.25) is 0 Å². The molecule has 1 aliphatic heterocycles. The van der Waals surface area contributed by atoms with Crippen LogP contribution in [0.4, 0.5) is 9.59 Å². The molecule has 1 fully saturated rings. The van der Waals surface area contributed by atoms with Crippen LogP contribution in [0.5, 0.6) is 11.8 Å². The number of aromatic nitrogens is 1. The molecule has 0 aliphatic carbocycles. The molecule has 0 spiro atoms. The van der Waals surface area contributed by atoms with Crippen LogP contribution >= 0.6 is 0 Å². The number of hydroxylamine groups is 2. The molecular formula is C18H21N3O7. The van der Waals surface area contributed by atoms with E-state index in [4.69, 9.17) is 14.4 Å². The van der Waals surface area contributed by atoms with Gasteiger partial charge in [-0.3, -0.25) is 4.84 Å². The Labute approximate surface area is 160 Å². The molecular weight excluding hydrogens is 370 g/mol. The monoisotopic (exact) mass is 391 g/mol. The van der Waals surface area contributed by atoms with E-state index in [1.54, 1.807) is 0 Å². The molecule has 1 aliphatic rings. The first-order chi connectivity index (χ1) is 13.5. The third kappa shape index (κ3) is 5.07. The highest BCUT2D eigenvalue weighted by atomic mass is 16.7. The van der Waals surface area contributed by atoms with Crippen LogP contribution in [0.3, 0.4) is 0 Å². The summed E-state index contributed by atoms with van der Waals surface area (Å²) in [6, 6.07) is 11.3. The smallest absolute Gasteiger partial charge is 0.434 e. The zero-order valence-corrected chi connectivity index (χ0v) is 15.0. The molecule has 2 amide bonds. The van der Waals surface area contributed by atoms with Crippen molar-refractivity contribution in [3.05, 3.63) is 48.0 Å². The van der Waals surface area contributed by atoms with Crippen LogP contribution in [0.25, 0.3) is 0 Å². The van der Waals surface area contributed by atoms with Gasteiger partial charge in [0.1, 0.15) is 6.61 Å². The van der Waals surface area contributed by atoms with Crippen molar-refractivity contribution in [1.82, 2.24) is 15.1 Å². The molecule has 2 heterocycles. The number of hydrogen-bond donors (Lipinski definition) is 3. The summed E-state index contributed by atoms with van der Waals surface area (Å²) in [7, 11) is 0.